The minimum Gasteiger partial charge on any atom is -0.329 e. The number of rotatable bonds is 4. The summed E-state index contributed by atoms with van der Waals surface area (Å²) in [6.07, 6.45) is 2.34. The van der Waals surface area contributed by atoms with Crippen LogP contribution in [0.4, 0.5) is 17.3 Å². The van der Waals surface area contributed by atoms with E-state index in [4.69, 9.17) is 5.84 Å². The molecule has 5 nitrogen and oxygen atoms in total. The van der Waals surface area contributed by atoms with Crippen molar-refractivity contribution in [1.29, 1.82) is 0 Å². The quantitative estimate of drug-likeness (QED) is 0.648. The van der Waals surface area contributed by atoms with Gasteiger partial charge in [-0.15, -0.1) is 0 Å². The Kier molecular flexibility index (Phi) is 3.05. The summed E-state index contributed by atoms with van der Waals surface area (Å²) in [6, 6.07) is 12.0. The molecule has 0 aliphatic heterocycles. The number of hydrogen-bond donors (Lipinski definition) is 2. The molecule has 1 aromatic heterocycles. The van der Waals surface area contributed by atoms with Crippen LogP contribution in [0.3, 0.4) is 0 Å². The summed E-state index contributed by atoms with van der Waals surface area (Å²) < 4.78 is 0. The Morgan fingerprint density at radius 1 is 1.21 bits per heavy atom. The zero-order valence-corrected chi connectivity index (χ0v) is 10.9. The lowest BCUT2D eigenvalue weighted by molar-refractivity contribution is 0.913. The Labute approximate surface area is 112 Å². The number of anilines is 3. The standard InChI is InChI=1S/C14H17N5/c1-19(11-5-3-2-4-6-11)13-9-12(18-15)16-14(17-13)10-7-8-10/h2-6,9-10H,7-8,15H2,1H3,(H,16,17,18). The minimum atomic E-state index is 0.497. The van der Waals surface area contributed by atoms with Crippen LogP contribution in [0.2, 0.25) is 0 Å². The predicted molar refractivity (Wildman–Crippen MR) is 76.3 cm³/mol. The van der Waals surface area contributed by atoms with Crippen LogP contribution >= 0.6 is 0 Å². The molecule has 1 aromatic carbocycles. The van der Waals surface area contributed by atoms with Crippen molar-refractivity contribution < 1.29 is 0 Å². The van der Waals surface area contributed by atoms with Crippen LogP contribution in [0.25, 0.3) is 0 Å². The van der Waals surface area contributed by atoms with Crippen molar-refractivity contribution in [2.24, 2.45) is 5.84 Å². The second kappa shape index (κ2) is 4.85. The molecule has 98 valence electrons. The fourth-order valence-electron chi connectivity index (χ4n) is 2.01. The minimum absolute atomic E-state index is 0.497. The normalized spacial score (nSPS) is 14.2. The Hall–Kier alpha value is -2.14. The lowest BCUT2D eigenvalue weighted by Gasteiger charge is -2.19. The third-order valence-corrected chi connectivity index (χ3v) is 3.31. The molecule has 2 aromatic rings. The van der Waals surface area contributed by atoms with Gasteiger partial charge in [0.2, 0.25) is 0 Å². The van der Waals surface area contributed by atoms with Gasteiger partial charge in [-0.05, 0) is 25.0 Å². The van der Waals surface area contributed by atoms with Crippen molar-refractivity contribution in [3.05, 3.63) is 42.2 Å². The Morgan fingerprint density at radius 3 is 2.58 bits per heavy atom. The van der Waals surface area contributed by atoms with Gasteiger partial charge in [0, 0.05) is 24.7 Å². The summed E-state index contributed by atoms with van der Waals surface area (Å²) in [7, 11) is 1.99. The van der Waals surface area contributed by atoms with Crippen LogP contribution in [0.1, 0.15) is 24.6 Å². The van der Waals surface area contributed by atoms with Crippen LogP contribution in [-0.4, -0.2) is 17.0 Å². The maximum Gasteiger partial charge on any atom is 0.145 e. The van der Waals surface area contributed by atoms with Gasteiger partial charge in [0.1, 0.15) is 17.5 Å². The topological polar surface area (TPSA) is 67.1 Å². The molecular formula is C14H17N5. The Balaban J connectivity index is 1.97. The average molecular weight is 255 g/mol. The van der Waals surface area contributed by atoms with Gasteiger partial charge in [-0.2, -0.15) is 0 Å². The van der Waals surface area contributed by atoms with Crippen LogP contribution in [0.15, 0.2) is 36.4 Å². The number of nitrogens with zero attached hydrogens (tertiary/aromatic N) is 3. The number of aromatic nitrogens is 2. The van der Waals surface area contributed by atoms with Gasteiger partial charge in [-0.25, -0.2) is 15.8 Å². The molecule has 0 amide bonds. The monoisotopic (exact) mass is 255 g/mol. The van der Waals surface area contributed by atoms with Gasteiger partial charge >= 0.3 is 0 Å². The van der Waals surface area contributed by atoms with E-state index >= 15 is 0 Å². The molecule has 0 atom stereocenters. The SMILES string of the molecule is CN(c1ccccc1)c1cc(NN)nc(C2CC2)n1. The molecule has 0 radical (unpaired) electrons. The van der Waals surface area contributed by atoms with Gasteiger partial charge in [0.05, 0.1) is 0 Å². The molecule has 1 fully saturated rings. The highest BCUT2D eigenvalue weighted by Crippen LogP contribution is 2.39. The number of benzene rings is 1. The third kappa shape index (κ3) is 2.51. The lowest BCUT2D eigenvalue weighted by Crippen LogP contribution is -2.15. The molecule has 5 heteroatoms. The van der Waals surface area contributed by atoms with Gasteiger partial charge in [0.15, 0.2) is 0 Å². The van der Waals surface area contributed by atoms with Gasteiger partial charge < -0.3 is 10.3 Å². The third-order valence-electron chi connectivity index (χ3n) is 3.31. The number of para-hydroxylation sites is 1. The maximum atomic E-state index is 5.49. The van der Waals surface area contributed by atoms with Gasteiger partial charge in [0.25, 0.3) is 0 Å². The van der Waals surface area contributed by atoms with Crippen LogP contribution in [-0.2, 0) is 0 Å². The molecule has 3 rings (SSSR count). The second-order valence-electron chi connectivity index (χ2n) is 4.78. The molecule has 1 aliphatic rings. The van der Waals surface area contributed by atoms with E-state index in [9.17, 15) is 0 Å². The lowest BCUT2D eigenvalue weighted by atomic mass is 10.3. The van der Waals surface area contributed by atoms with Crippen molar-refractivity contribution in [2.75, 3.05) is 17.4 Å². The first kappa shape index (κ1) is 11.9. The summed E-state index contributed by atoms with van der Waals surface area (Å²) in [5, 5.41) is 0. The second-order valence-corrected chi connectivity index (χ2v) is 4.78. The van der Waals surface area contributed by atoms with Crippen molar-refractivity contribution in [3.8, 4) is 0 Å². The fraction of sp³-hybridized carbons (Fsp3) is 0.286. The van der Waals surface area contributed by atoms with E-state index in [1.807, 2.05) is 36.2 Å². The molecule has 19 heavy (non-hydrogen) atoms. The van der Waals surface area contributed by atoms with E-state index in [0.29, 0.717) is 11.7 Å². The van der Waals surface area contributed by atoms with Crippen molar-refractivity contribution >= 4 is 17.3 Å². The summed E-state index contributed by atoms with van der Waals surface area (Å²) in [5.41, 5.74) is 3.71. The van der Waals surface area contributed by atoms with Crippen molar-refractivity contribution in [3.63, 3.8) is 0 Å². The molecule has 0 spiro atoms. The molecule has 0 bridgehead atoms. The Morgan fingerprint density at radius 2 is 1.95 bits per heavy atom. The van der Waals surface area contributed by atoms with Crippen molar-refractivity contribution in [1.82, 2.24) is 9.97 Å². The van der Waals surface area contributed by atoms with Gasteiger partial charge in [-0.1, -0.05) is 18.2 Å². The molecular weight excluding hydrogens is 238 g/mol. The number of nitrogens with two attached hydrogens (primary N) is 1. The first-order chi connectivity index (χ1) is 9.28. The molecule has 0 unspecified atom stereocenters. The maximum absolute atomic E-state index is 5.49. The van der Waals surface area contributed by atoms with E-state index in [0.717, 1.165) is 17.3 Å². The van der Waals surface area contributed by atoms with Crippen LogP contribution in [0, 0.1) is 0 Å². The van der Waals surface area contributed by atoms with E-state index in [-0.39, 0.29) is 0 Å². The fourth-order valence-corrected chi connectivity index (χ4v) is 2.01. The molecule has 1 heterocycles. The highest BCUT2D eigenvalue weighted by Gasteiger charge is 2.27. The smallest absolute Gasteiger partial charge is 0.145 e. The number of hydrazine groups is 1. The van der Waals surface area contributed by atoms with Crippen molar-refractivity contribution in [2.45, 2.75) is 18.8 Å². The number of nitrogens with one attached hydrogen (secondary N) is 1. The highest BCUT2D eigenvalue weighted by molar-refractivity contribution is 5.61. The van der Waals surface area contributed by atoms with Crippen LogP contribution in [0.5, 0.6) is 0 Å². The first-order valence-corrected chi connectivity index (χ1v) is 6.42. The largest absolute Gasteiger partial charge is 0.329 e. The van der Waals surface area contributed by atoms with E-state index in [2.05, 4.69) is 27.5 Å². The molecule has 3 N–H and O–H groups in total. The number of hydrogen-bond acceptors (Lipinski definition) is 5. The zero-order chi connectivity index (χ0) is 13.2. The van der Waals surface area contributed by atoms with Crippen LogP contribution < -0.4 is 16.2 Å². The van der Waals surface area contributed by atoms with E-state index in [1.165, 1.54) is 12.8 Å². The summed E-state index contributed by atoms with van der Waals surface area (Å²) in [4.78, 5) is 11.1. The molecule has 1 saturated carbocycles. The predicted octanol–water partition coefficient (Wildman–Crippen LogP) is 2.41. The zero-order valence-electron chi connectivity index (χ0n) is 10.9. The summed E-state index contributed by atoms with van der Waals surface area (Å²) in [5.74, 6) is 8.39. The molecule has 1 aliphatic carbocycles. The summed E-state index contributed by atoms with van der Waals surface area (Å²) in [6.45, 7) is 0. The highest BCUT2D eigenvalue weighted by atomic mass is 15.3. The van der Waals surface area contributed by atoms with Gasteiger partial charge in [-0.3, -0.25) is 0 Å². The first-order valence-electron chi connectivity index (χ1n) is 6.42. The molecule has 0 saturated heterocycles. The van der Waals surface area contributed by atoms with E-state index < -0.39 is 0 Å². The van der Waals surface area contributed by atoms with E-state index in [1.54, 1.807) is 0 Å². The average Bonchev–Trinajstić information content (AvgIpc) is 3.31. The Bertz CT molecular complexity index is 565. The number of nitrogen functional groups attached to an aromatic ring is 1. The summed E-state index contributed by atoms with van der Waals surface area (Å²) >= 11 is 0.